The Labute approximate surface area is 142 Å². The molecule has 2 aromatic rings. The molecular weight excluding hydrogens is 300 g/mol. The van der Waals surface area contributed by atoms with Crippen molar-refractivity contribution in [3.8, 4) is 0 Å². The van der Waals surface area contributed by atoms with Crippen molar-refractivity contribution in [2.24, 2.45) is 11.8 Å². The van der Waals surface area contributed by atoms with Gasteiger partial charge in [0.1, 0.15) is 0 Å². The highest BCUT2D eigenvalue weighted by Gasteiger charge is 2.31. The number of aliphatic hydroxyl groups is 1. The van der Waals surface area contributed by atoms with E-state index in [2.05, 4.69) is 18.0 Å². The van der Waals surface area contributed by atoms with Crippen molar-refractivity contribution in [2.75, 3.05) is 13.6 Å². The van der Waals surface area contributed by atoms with Crippen molar-refractivity contribution >= 4 is 16.8 Å². The smallest absolute Gasteiger partial charge is 0.255 e. The average molecular weight is 326 g/mol. The highest BCUT2D eigenvalue weighted by atomic mass is 16.3. The lowest BCUT2D eigenvalue weighted by Gasteiger charge is -2.21. The summed E-state index contributed by atoms with van der Waals surface area (Å²) < 4.78 is 0. The van der Waals surface area contributed by atoms with Gasteiger partial charge in [0.05, 0.1) is 17.2 Å². The molecule has 0 spiro atoms. The molecule has 128 valence electrons. The Morgan fingerprint density at radius 2 is 2.17 bits per heavy atom. The number of aliphatic hydroxyl groups excluding tert-OH is 1. The number of aryl methyl sites for hydroxylation is 1. The Kier molecular flexibility index (Phi) is 3.87. The number of likely N-dealkylation sites (N-methyl/N-ethyl adjacent to an activating group) is 1. The molecule has 0 radical (unpaired) electrons. The Bertz CT molecular complexity index is 775. The molecule has 2 aliphatic rings. The fourth-order valence-electron chi connectivity index (χ4n) is 3.99. The van der Waals surface area contributed by atoms with Gasteiger partial charge in [-0.25, -0.2) is 0 Å². The number of nitrogens with one attached hydrogen (secondary N) is 1. The first kappa shape index (κ1) is 15.7. The minimum absolute atomic E-state index is 0.00746. The van der Waals surface area contributed by atoms with E-state index in [1.807, 2.05) is 12.1 Å². The first-order valence-corrected chi connectivity index (χ1v) is 9.10. The molecular formula is C20H26N2O2. The van der Waals surface area contributed by atoms with Crippen molar-refractivity contribution in [1.82, 2.24) is 9.88 Å². The molecule has 1 fully saturated rings. The van der Waals surface area contributed by atoms with Gasteiger partial charge >= 0.3 is 0 Å². The summed E-state index contributed by atoms with van der Waals surface area (Å²) in [6.07, 6.45) is 5.13. The van der Waals surface area contributed by atoms with E-state index in [9.17, 15) is 9.90 Å². The standard InChI is InChI=1S/C20H26N2O2/c1-12-6-9-17-16(10-12)14-4-3-5-15(19(14)21-17)20(24)22(2)11-18(23)13-7-8-13/h3-5,12-13,18,21,23H,6-11H2,1-2H3. The van der Waals surface area contributed by atoms with E-state index < -0.39 is 6.10 Å². The second kappa shape index (κ2) is 5.92. The molecule has 2 aliphatic carbocycles. The van der Waals surface area contributed by atoms with Crippen LogP contribution in [0.4, 0.5) is 0 Å². The van der Waals surface area contributed by atoms with Gasteiger partial charge < -0.3 is 15.0 Å². The summed E-state index contributed by atoms with van der Waals surface area (Å²) >= 11 is 0. The Morgan fingerprint density at radius 3 is 2.92 bits per heavy atom. The summed E-state index contributed by atoms with van der Waals surface area (Å²) in [7, 11) is 1.79. The van der Waals surface area contributed by atoms with Gasteiger partial charge in [0.15, 0.2) is 0 Å². The second-order valence-electron chi connectivity index (χ2n) is 7.75. The van der Waals surface area contributed by atoms with Gasteiger partial charge in [-0.15, -0.1) is 0 Å². The average Bonchev–Trinajstić information content (AvgIpc) is 3.35. The first-order chi connectivity index (χ1) is 11.5. The van der Waals surface area contributed by atoms with E-state index in [0.717, 1.165) is 36.8 Å². The number of H-pyrrole nitrogens is 1. The van der Waals surface area contributed by atoms with Crippen LogP contribution in [0.5, 0.6) is 0 Å². The van der Waals surface area contributed by atoms with Gasteiger partial charge in [-0.05, 0) is 55.6 Å². The zero-order valence-electron chi connectivity index (χ0n) is 14.5. The summed E-state index contributed by atoms with van der Waals surface area (Å²) in [5, 5.41) is 11.3. The lowest BCUT2D eigenvalue weighted by Crippen LogP contribution is -2.35. The van der Waals surface area contributed by atoms with Gasteiger partial charge in [0.25, 0.3) is 5.91 Å². The first-order valence-electron chi connectivity index (χ1n) is 9.10. The number of fused-ring (bicyclic) bond motifs is 3. The van der Waals surface area contributed by atoms with E-state index in [1.165, 1.54) is 23.1 Å². The highest BCUT2D eigenvalue weighted by Crippen LogP contribution is 2.34. The van der Waals surface area contributed by atoms with Crippen molar-refractivity contribution in [1.29, 1.82) is 0 Å². The number of rotatable bonds is 4. The second-order valence-corrected chi connectivity index (χ2v) is 7.75. The lowest BCUT2D eigenvalue weighted by atomic mass is 9.87. The van der Waals surface area contributed by atoms with Gasteiger partial charge in [-0.2, -0.15) is 0 Å². The van der Waals surface area contributed by atoms with E-state index in [-0.39, 0.29) is 5.91 Å². The summed E-state index contributed by atoms with van der Waals surface area (Å²) in [6, 6.07) is 6.00. The Balaban J connectivity index is 1.65. The molecule has 1 saturated carbocycles. The predicted octanol–water partition coefficient (Wildman–Crippen LogP) is 3.14. The van der Waals surface area contributed by atoms with Crippen LogP contribution in [0.3, 0.4) is 0 Å². The molecule has 0 bridgehead atoms. The summed E-state index contributed by atoms with van der Waals surface area (Å²) in [6.45, 7) is 2.71. The van der Waals surface area contributed by atoms with Gasteiger partial charge in [-0.1, -0.05) is 19.1 Å². The largest absolute Gasteiger partial charge is 0.391 e. The number of para-hydroxylation sites is 1. The molecule has 4 rings (SSSR count). The fourth-order valence-corrected chi connectivity index (χ4v) is 3.99. The lowest BCUT2D eigenvalue weighted by molar-refractivity contribution is 0.0647. The van der Waals surface area contributed by atoms with Crippen LogP contribution >= 0.6 is 0 Å². The molecule has 24 heavy (non-hydrogen) atoms. The molecule has 0 aliphatic heterocycles. The minimum atomic E-state index is -0.393. The normalized spacial score (nSPS) is 21.5. The maximum Gasteiger partial charge on any atom is 0.255 e. The molecule has 1 aromatic heterocycles. The fraction of sp³-hybridized carbons (Fsp3) is 0.550. The molecule has 4 heteroatoms. The third kappa shape index (κ3) is 2.73. The third-order valence-electron chi connectivity index (χ3n) is 5.67. The van der Waals surface area contributed by atoms with E-state index in [4.69, 9.17) is 0 Å². The van der Waals surface area contributed by atoms with Gasteiger partial charge in [0.2, 0.25) is 0 Å². The number of nitrogens with zero attached hydrogens (tertiary/aromatic N) is 1. The van der Waals surface area contributed by atoms with Crippen molar-refractivity contribution in [3.05, 3.63) is 35.0 Å². The molecule has 4 nitrogen and oxygen atoms in total. The molecule has 1 heterocycles. The topological polar surface area (TPSA) is 56.3 Å². The van der Waals surface area contributed by atoms with Gasteiger partial charge in [-0.3, -0.25) is 4.79 Å². The van der Waals surface area contributed by atoms with Crippen molar-refractivity contribution in [2.45, 2.75) is 45.1 Å². The Morgan fingerprint density at radius 1 is 1.38 bits per heavy atom. The molecule has 0 saturated heterocycles. The number of carbonyl (C=O) groups excluding carboxylic acids is 1. The molecule has 2 unspecified atom stereocenters. The zero-order chi connectivity index (χ0) is 16.8. The zero-order valence-corrected chi connectivity index (χ0v) is 14.5. The maximum absolute atomic E-state index is 12.9. The summed E-state index contributed by atoms with van der Waals surface area (Å²) in [4.78, 5) is 18.1. The SMILES string of the molecule is CC1CCc2[nH]c3c(C(=O)N(C)CC(O)C4CC4)cccc3c2C1. The molecule has 2 atom stereocenters. The predicted molar refractivity (Wildman–Crippen MR) is 95.2 cm³/mol. The molecule has 1 aromatic carbocycles. The van der Waals surface area contributed by atoms with E-state index in [0.29, 0.717) is 18.4 Å². The van der Waals surface area contributed by atoms with E-state index in [1.54, 1.807) is 11.9 Å². The number of aromatic nitrogens is 1. The number of hydrogen-bond acceptors (Lipinski definition) is 2. The highest BCUT2D eigenvalue weighted by molar-refractivity contribution is 6.06. The Hall–Kier alpha value is -1.81. The minimum Gasteiger partial charge on any atom is -0.391 e. The van der Waals surface area contributed by atoms with Crippen molar-refractivity contribution < 1.29 is 9.90 Å². The van der Waals surface area contributed by atoms with Crippen LogP contribution in [-0.4, -0.2) is 40.6 Å². The maximum atomic E-state index is 12.9. The van der Waals surface area contributed by atoms with Crippen LogP contribution in [-0.2, 0) is 12.8 Å². The van der Waals surface area contributed by atoms with Crippen molar-refractivity contribution in [3.63, 3.8) is 0 Å². The monoisotopic (exact) mass is 326 g/mol. The van der Waals surface area contributed by atoms with Crippen LogP contribution in [0.1, 0.15) is 47.8 Å². The van der Waals surface area contributed by atoms with Gasteiger partial charge in [0, 0.05) is 24.7 Å². The van der Waals surface area contributed by atoms with Crippen LogP contribution in [0.2, 0.25) is 0 Å². The number of aromatic amines is 1. The van der Waals surface area contributed by atoms with Crippen LogP contribution in [0.15, 0.2) is 18.2 Å². The summed E-state index contributed by atoms with van der Waals surface area (Å²) in [5.41, 5.74) is 4.37. The quantitative estimate of drug-likeness (QED) is 0.907. The van der Waals surface area contributed by atoms with E-state index >= 15 is 0 Å². The number of amides is 1. The van der Waals surface area contributed by atoms with Crippen LogP contribution < -0.4 is 0 Å². The number of carbonyl (C=O) groups is 1. The summed E-state index contributed by atoms with van der Waals surface area (Å²) in [5.74, 6) is 1.08. The van der Waals surface area contributed by atoms with Crippen LogP contribution in [0.25, 0.3) is 10.9 Å². The molecule has 2 N–H and O–H groups in total. The number of benzene rings is 1. The number of hydrogen-bond donors (Lipinski definition) is 2. The third-order valence-corrected chi connectivity index (χ3v) is 5.67. The van der Waals surface area contributed by atoms with Crippen LogP contribution in [0, 0.1) is 11.8 Å². The molecule has 1 amide bonds.